The van der Waals surface area contributed by atoms with E-state index < -0.39 is 0 Å². The van der Waals surface area contributed by atoms with Crippen LogP contribution in [0.1, 0.15) is 18.4 Å². The maximum atomic E-state index is 12.9. The van der Waals surface area contributed by atoms with Crippen molar-refractivity contribution in [2.24, 2.45) is 5.92 Å². The number of para-hydroxylation sites is 1. The number of ether oxygens (including phenoxy) is 1. The summed E-state index contributed by atoms with van der Waals surface area (Å²) < 4.78 is 18.5. The quantitative estimate of drug-likeness (QED) is 0.846. The molecule has 1 heterocycles. The Morgan fingerprint density at radius 3 is 2.94 bits per heavy atom. The molecule has 0 aliphatic carbocycles. The molecule has 2 rings (SSSR count). The van der Waals surface area contributed by atoms with Gasteiger partial charge in [0.2, 0.25) is 0 Å². The first-order chi connectivity index (χ1) is 7.86. The summed E-state index contributed by atoms with van der Waals surface area (Å²) in [5, 5.41) is 3.25. The van der Waals surface area contributed by atoms with Gasteiger partial charge >= 0.3 is 0 Å². The zero-order chi connectivity index (χ0) is 11.4. The Balaban J connectivity index is 2.24. The lowest BCUT2D eigenvalue weighted by atomic mass is 9.89. The van der Waals surface area contributed by atoms with Crippen LogP contribution in [0.15, 0.2) is 24.3 Å². The van der Waals surface area contributed by atoms with E-state index in [1.807, 2.05) is 31.2 Å². The molecule has 3 heteroatoms. The third-order valence-electron chi connectivity index (χ3n) is 3.16. The molecule has 1 aliphatic rings. The fourth-order valence-corrected chi connectivity index (χ4v) is 2.33. The second kappa shape index (κ2) is 5.30. The summed E-state index contributed by atoms with van der Waals surface area (Å²) in [6.45, 7) is 3.96. The molecule has 1 aromatic carbocycles. The maximum Gasteiger partial charge on any atom is 0.122 e. The molecule has 1 N–H and O–H groups in total. The predicted molar refractivity (Wildman–Crippen MR) is 62.7 cm³/mol. The molecule has 16 heavy (non-hydrogen) atoms. The minimum absolute atomic E-state index is 0.0848. The maximum absolute atomic E-state index is 12.9. The number of benzene rings is 1. The van der Waals surface area contributed by atoms with Crippen LogP contribution in [-0.2, 0) is 0 Å². The van der Waals surface area contributed by atoms with E-state index in [4.69, 9.17) is 4.74 Å². The Kier molecular flexibility index (Phi) is 3.78. The van der Waals surface area contributed by atoms with Gasteiger partial charge in [0.25, 0.3) is 0 Å². The summed E-state index contributed by atoms with van der Waals surface area (Å²) in [5.74, 6) is 1.23. The van der Waals surface area contributed by atoms with Gasteiger partial charge in [0.15, 0.2) is 0 Å². The fourth-order valence-electron chi connectivity index (χ4n) is 2.33. The molecular weight excluding hydrogens is 205 g/mol. The molecule has 0 radical (unpaired) electrons. The van der Waals surface area contributed by atoms with Crippen molar-refractivity contribution in [2.75, 3.05) is 26.4 Å². The van der Waals surface area contributed by atoms with Crippen molar-refractivity contribution >= 4 is 0 Å². The van der Waals surface area contributed by atoms with Gasteiger partial charge in [-0.2, -0.15) is 0 Å². The zero-order valence-electron chi connectivity index (χ0n) is 9.58. The van der Waals surface area contributed by atoms with Crippen LogP contribution >= 0.6 is 0 Å². The molecule has 0 amide bonds. The standard InChI is InChI=1S/C13H18FNO/c1-2-16-13-6-4-3-5-11(13)12-9-15-8-10(12)7-14/h3-6,10,12,15H,2,7-9H2,1H3/t10-,12-/m0/s1. The highest BCUT2D eigenvalue weighted by Crippen LogP contribution is 2.34. The number of nitrogens with one attached hydrogen (secondary N) is 1. The summed E-state index contributed by atoms with van der Waals surface area (Å²) in [7, 11) is 0. The Bertz CT molecular complexity index is 342. The second-order valence-corrected chi connectivity index (χ2v) is 4.15. The van der Waals surface area contributed by atoms with Gasteiger partial charge in [-0.1, -0.05) is 18.2 Å². The van der Waals surface area contributed by atoms with Gasteiger partial charge in [0.1, 0.15) is 5.75 Å². The molecule has 0 bridgehead atoms. The smallest absolute Gasteiger partial charge is 0.122 e. The van der Waals surface area contributed by atoms with Crippen LogP contribution in [0.5, 0.6) is 5.75 Å². The summed E-state index contributed by atoms with van der Waals surface area (Å²) in [5.41, 5.74) is 1.14. The Morgan fingerprint density at radius 1 is 1.38 bits per heavy atom. The van der Waals surface area contributed by atoms with Crippen LogP contribution in [-0.4, -0.2) is 26.4 Å². The number of rotatable bonds is 4. The van der Waals surface area contributed by atoms with Crippen LogP contribution in [0.3, 0.4) is 0 Å². The molecule has 1 aromatic rings. The van der Waals surface area contributed by atoms with Crippen molar-refractivity contribution in [2.45, 2.75) is 12.8 Å². The van der Waals surface area contributed by atoms with Gasteiger partial charge in [-0.15, -0.1) is 0 Å². The number of hydrogen-bond donors (Lipinski definition) is 1. The summed E-state index contributed by atoms with van der Waals surface area (Å²) in [6, 6.07) is 7.96. The highest BCUT2D eigenvalue weighted by molar-refractivity contribution is 5.37. The fraction of sp³-hybridized carbons (Fsp3) is 0.538. The second-order valence-electron chi connectivity index (χ2n) is 4.15. The van der Waals surface area contributed by atoms with Crippen LogP contribution in [0.25, 0.3) is 0 Å². The average molecular weight is 223 g/mol. The predicted octanol–water partition coefficient (Wildman–Crippen LogP) is 2.36. The minimum Gasteiger partial charge on any atom is -0.494 e. The third-order valence-corrected chi connectivity index (χ3v) is 3.16. The third kappa shape index (κ3) is 2.19. The van der Waals surface area contributed by atoms with Gasteiger partial charge in [-0.3, -0.25) is 4.39 Å². The molecule has 0 saturated carbocycles. The van der Waals surface area contributed by atoms with E-state index >= 15 is 0 Å². The highest BCUT2D eigenvalue weighted by Gasteiger charge is 2.30. The number of alkyl halides is 1. The lowest BCUT2D eigenvalue weighted by Crippen LogP contribution is -2.13. The van der Waals surface area contributed by atoms with Crippen LogP contribution < -0.4 is 10.1 Å². The van der Waals surface area contributed by atoms with Gasteiger partial charge in [0.05, 0.1) is 13.3 Å². The lowest BCUT2D eigenvalue weighted by Gasteiger charge is -2.19. The number of halogens is 1. The topological polar surface area (TPSA) is 21.3 Å². The Hall–Kier alpha value is -1.09. The van der Waals surface area contributed by atoms with Crippen molar-refractivity contribution in [3.63, 3.8) is 0 Å². The van der Waals surface area contributed by atoms with Crippen LogP contribution in [0.4, 0.5) is 4.39 Å². The molecule has 0 unspecified atom stereocenters. The lowest BCUT2D eigenvalue weighted by molar-refractivity contribution is 0.321. The minimum atomic E-state index is -0.266. The van der Waals surface area contributed by atoms with Crippen molar-refractivity contribution in [3.05, 3.63) is 29.8 Å². The van der Waals surface area contributed by atoms with E-state index in [0.717, 1.165) is 24.4 Å². The summed E-state index contributed by atoms with van der Waals surface area (Å²) in [4.78, 5) is 0. The molecule has 1 aliphatic heterocycles. The monoisotopic (exact) mass is 223 g/mol. The van der Waals surface area contributed by atoms with Gasteiger partial charge in [-0.25, -0.2) is 0 Å². The molecular formula is C13H18FNO. The van der Waals surface area contributed by atoms with E-state index in [1.165, 1.54) is 0 Å². The highest BCUT2D eigenvalue weighted by atomic mass is 19.1. The van der Waals surface area contributed by atoms with E-state index in [1.54, 1.807) is 0 Å². The molecule has 1 saturated heterocycles. The van der Waals surface area contributed by atoms with Crippen molar-refractivity contribution in [3.8, 4) is 5.75 Å². The summed E-state index contributed by atoms with van der Waals surface area (Å²) in [6.07, 6.45) is 0. The van der Waals surface area contributed by atoms with Crippen molar-refractivity contribution in [1.82, 2.24) is 5.32 Å². The summed E-state index contributed by atoms with van der Waals surface area (Å²) >= 11 is 0. The molecule has 88 valence electrons. The average Bonchev–Trinajstić information content (AvgIpc) is 2.78. The first-order valence-electron chi connectivity index (χ1n) is 5.85. The van der Waals surface area contributed by atoms with Crippen LogP contribution in [0, 0.1) is 5.92 Å². The molecule has 0 spiro atoms. The molecule has 2 nitrogen and oxygen atoms in total. The van der Waals surface area contributed by atoms with Crippen molar-refractivity contribution in [1.29, 1.82) is 0 Å². The number of hydrogen-bond acceptors (Lipinski definition) is 2. The van der Waals surface area contributed by atoms with Gasteiger partial charge in [-0.05, 0) is 18.6 Å². The van der Waals surface area contributed by atoms with E-state index in [-0.39, 0.29) is 18.5 Å². The van der Waals surface area contributed by atoms with Crippen molar-refractivity contribution < 1.29 is 9.13 Å². The molecule has 0 aromatic heterocycles. The van der Waals surface area contributed by atoms with E-state index in [9.17, 15) is 4.39 Å². The Labute approximate surface area is 95.8 Å². The SMILES string of the molecule is CCOc1ccccc1[C@H]1CNC[C@@H]1CF. The Morgan fingerprint density at radius 2 is 2.19 bits per heavy atom. The largest absolute Gasteiger partial charge is 0.494 e. The first-order valence-corrected chi connectivity index (χ1v) is 5.85. The molecule has 2 atom stereocenters. The first kappa shape index (κ1) is 11.4. The van der Waals surface area contributed by atoms with Gasteiger partial charge < -0.3 is 10.1 Å². The van der Waals surface area contributed by atoms with E-state index in [0.29, 0.717) is 6.61 Å². The normalized spacial score (nSPS) is 24.6. The van der Waals surface area contributed by atoms with E-state index in [2.05, 4.69) is 5.32 Å². The zero-order valence-corrected chi connectivity index (χ0v) is 9.58. The molecule has 1 fully saturated rings. The van der Waals surface area contributed by atoms with Crippen LogP contribution in [0.2, 0.25) is 0 Å². The van der Waals surface area contributed by atoms with Gasteiger partial charge in [0, 0.05) is 24.9 Å².